The van der Waals surface area contributed by atoms with E-state index in [0.717, 1.165) is 32.5 Å². The van der Waals surface area contributed by atoms with Crippen LogP contribution in [0.25, 0.3) is 0 Å². The minimum atomic E-state index is 0.375. The molecule has 116 valence electrons. The van der Waals surface area contributed by atoms with Gasteiger partial charge in [0, 0.05) is 38.1 Å². The first-order valence-electron chi connectivity index (χ1n) is 8.27. The van der Waals surface area contributed by atoms with Crippen molar-refractivity contribution in [3.8, 4) is 0 Å². The van der Waals surface area contributed by atoms with Gasteiger partial charge in [0.25, 0.3) is 0 Å². The van der Waals surface area contributed by atoms with E-state index in [-0.39, 0.29) is 0 Å². The summed E-state index contributed by atoms with van der Waals surface area (Å²) >= 11 is 0. The fourth-order valence-corrected chi connectivity index (χ4v) is 3.67. The molecule has 2 heterocycles. The van der Waals surface area contributed by atoms with Gasteiger partial charge in [-0.05, 0) is 52.1 Å². The van der Waals surface area contributed by atoms with Crippen LogP contribution in [0, 0.1) is 5.92 Å². The van der Waals surface area contributed by atoms with Gasteiger partial charge >= 0.3 is 0 Å². The standard InChI is InChI=1S/C16H31N3O/c1-4-7-19(9-8-18(2)3)16(20)12-13-10-14-5-6-15(11-13)17-14/h13-15,17H,4-12H2,1-3H3. The minimum absolute atomic E-state index is 0.375. The molecule has 2 atom stereocenters. The molecule has 1 N–H and O–H groups in total. The normalized spacial score (nSPS) is 28.9. The summed E-state index contributed by atoms with van der Waals surface area (Å²) in [6.45, 7) is 4.89. The van der Waals surface area contributed by atoms with Crippen molar-refractivity contribution < 1.29 is 4.79 Å². The lowest BCUT2D eigenvalue weighted by molar-refractivity contribution is -0.132. The molecule has 0 aliphatic carbocycles. The predicted molar refractivity (Wildman–Crippen MR) is 82.7 cm³/mol. The molecule has 4 heteroatoms. The molecule has 0 aromatic heterocycles. The van der Waals surface area contributed by atoms with E-state index in [1.165, 1.54) is 25.7 Å². The van der Waals surface area contributed by atoms with Crippen LogP contribution in [-0.2, 0) is 4.79 Å². The summed E-state index contributed by atoms with van der Waals surface area (Å²) in [6, 6.07) is 1.38. The molecule has 2 aliphatic rings. The number of amides is 1. The first kappa shape index (κ1) is 15.8. The number of nitrogens with zero attached hydrogens (tertiary/aromatic N) is 2. The van der Waals surface area contributed by atoms with Crippen LogP contribution in [0.5, 0.6) is 0 Å². The Morgan fingerprint density at radius 2 is 1.75 bits per heavy atom. The lowest BCUT2D eigenvalue weighted by Gasteiger charge is -2.31. The van der Waals surface area contributed by atoms with Gasteiger partial charge in [0.15, 0.2) is 0 Å². The van der Waals surface area contributed by atoms with Gasteiger partial charge in [-0.1, -0.05) is 6.92 Å². The second-order valence-corrected chi connectivity index (χ2v) is 6.86. The summed E-state index contributed by atoms with van der Waals surface area (Å²) < 4.78 is 0. The van der Waals surface area contributed by atoms with Crippen molar-refractivity contribution in [1.29, 1.82) is 0 Å². The molecule has 0 saturated carbocycles. The monoisotopic (exact) mass is 281 g/mol. The van der Waals surface area contributed by atoms with Gasteiger partial charge in [-0.15, -0.1) is 0 Å². The molecular weight excluding hydrogens is 250 g/mol. The Hall–Kier alpha value is -0.610. The molecule has 2 saturated heterocycles. The lowest BCUT2D eigenvalue weighted by Crippen LogP contribution is -2.42. The highest BCUT2D eigenvalue weighted by Crippen LogP contribution is 2.32. The fraction of sp³-hybridized carbons (Fsp3) is 0.938. The third kappa shape index (κ3) is 4.45. The Balaban J connectivity index is 1.81. The van der Waals surface area contributed by atoms with Gasteiger partial charge in [0.1, 0.15) is 0 Å². The van der Waals surface area contributed by atoms with Crippen LogP contribution in [0.2, 0.25) is 0 Å². The van der Waals surface area contributed by atoms with Gasteiger partial charge < -0.3 is 15.1 Å². The van der Waals surface area contributed by atoms with Crippen molar-refractivity contribution in [3.05, 3.63) is 0 Å². The maximum atomic E-state index is 12.5. The van der Waals surface area contributed by atoms with Crippen LogP contribution in [0.4, 0.5) is 0 Å². The van der Waals surface area contributed by atoms with E-state index in [2.05, 4.69) is 36.1 Å². The molecule has 0 spiro atoms. The largest absolute Gasteiger partial charge is 0.341 e. The number of piperidine rings is 1. The molecule has 2 rings (SSSR count). The lowest BCUT2D eigenvalue weighted by atomic mass is 9.89. The van der Waals surface area contributed by atoms with Gasteiger partial charge in [-0.3, -0.25) is 4.79 Å². The average molecular weight is 281 g/mol. The van der Waals surface area contributed by atoms with Crippen molar-refractivity contribution in [2.45, 2.75) is 57.5 Å². The number of carbonyl (C=O) groups excluding carboxylic acids is 1. The second-order valence-electron chi connectivity index (χ2n) is 6.86. The number of nitrogens with one attached hydrogen (secondary N) is 1. The van der Waals surface area contributed by atoms with Crippen LogP contribution in [-0.4, -0.2) is 61.5 Å². The van der Waals surface area contributed by atoms with Gasteiger partial charge in [-0.25, -0.2) is 0 Å². The van der Waals surface area contributed by atoms with Crippen molar-refractivity contribution in [3.63, 3.8) is 0 Å². The summed E-state index contributed by atoms with van der Waals surface area (Å²) in [6.07, 6.45) is 6.86. The van der Waals surface area contributed by atoms with E-state index >= 15 is 0 Å². The number of hydrogen-bond acceptors (Lipinski definition) is 3. The van der Waals surface area contributed by atoms with Gasteiger partial charge in [-0.2, -0.15) is 0 Å². The molecule has 20 heavy (non-hydrogen) atoms. The third-order valence-corrected chi connectivity index (χ3v) is 4.70. The van der Waals surface area contributed by atoms with Crippen LogP contribution in [0.1, 0.15) is 45.4 Å². The highest BCUT2D eigenvalue weighted by Gasteiger charge is 2.34. The maximum absolute atomic E-state index is 12.5. The smallest absolute Gasteiger partial charge is 0.222 e. The molecule has 2 fully saturated rings. The SMILES string of the molecule is CCCN(CCN(C)C)C(=O)CC1CC2CCC(C1)N2. The average Bonchev–Trinajstić information content (AvgIpc) is 2.73. The summed E-state index contributed by atoms with van der Waals surface area (Å²) in [7, 11) is 4.14. The molecule has 0 aromatic carbocycles. The van der Waals surface area contributed by atoms with Gasteiger partial charge in [0.05, 0.1) is 0 Å². The number of hydrogen-bond donors (Lipinski definition) is 1. The summed E-state index contributed by atoms with van der Waals surface area (Å²) in [5.74, 6) is 0.986. The molecule has 1 amide bonds. The summed E-state index contributed by atoms with van der Waals surface area (Å²) in [5, 5.41) is 3.66. The topological polar surface area (TPSA) is 35.6 Å². The van der Waals surface area contributed by atoms with Crippen molar-refractivity contribution in [2.75, 3.05) is 33.7 Å². The van der Waals surface area contributed by atoms with Crippen molar-refractivity contribution in [1.82, 2.24) is 15.1 Å². The highest BCUT2D eigenvalue weighted by molar-refractivity contribution is 5.76. The zero-order chi connectivity index (χ0) is 14.5. The Morgan fingerprint density at radius 1 is 1.10 bits per heavy atom. The van der Waals surface area contributed by atoms with Crippen LogP contribution < -0.4 is 5.32 Å². The predicted octanol–water partition coefficient (Wildman–Crippen LogP) is 1.71. The van der Waals surface area contributed by atoms with Crippen LogP contribution in [0.3, 0.4) is 0 Å². The Kier molecular flexibility index (Phi) is 5.85. The van der Waals surface area contributed by atoms with Crippen molar-refractivity contribution in [2.24, 2.45) is 5.92 Å². The van der Waals surface area contributed by atoms with E-state index in [4.69, 9.17) is 0 Å². The second kappa shape index (κ2) is 7.41. The van der Waals surface area contributed by atoms with E-state index in [1.54, 1.807) is 0 Å². The van der Waals surface area contributed by atoms with Crippen molar-refractivity contribution >= 4 is 5.91 Å². The zero-order valence-electron chi connectivity index (χ0n) is 13.4. The Labute approximate surface area is 123 Å². The first-order chi connectivity index (χ1) is 9.58. The number of likely N-dealkylation sites (N-methyl/N-ethyl adjacent to an activating group) is 1. The number of rotatable bonds is 7. The quantitative estimate of drug-likeness (QED) is 0.771. The Bertz CT molecular complexity index is 307. The first-order valence-corrected chi connectivity index (χ1v) is 8.27. The summed E-state index contributed by atoms with van der Waals surface area (Å²) in [4.78, 5) is 16.8. The fourth-order valence-electron chi connectivity index (χ4n) is 3.67. The van der Waals surface area contributed by atoms with Crippen LogP contribution in [0.15, 0.2) is 0 Å². The minimum Gasteiger partial charge on any atom is -0.341 e. The maximum Gasteiger partial charge on any atom is 0.222 e. The van der Waals surface area contributed by atoms with E-state index in [0.29, 0.717) is 23.9 Å². The molecular formula is C16H31N3O. The third-order valence-electron chi connectivity index (χ3n) is 4.70. The molecule has 2 bridgehead atoms. The number of carbonyl (C=O) groups is 1. The zero-order valence-corrected chi connectivity index (χ0v) is 13.4. The van der Waals surface area contributed by atoms with Gasteiger partial charge in [0.2, 0.25) is 5.91 Å². The highest BCUT2D eigenvalue weighted by atomic mass is 16.2. The summed E-state index contributed by atoms with van der Waals surface area (Å²) in [5.41, 5.74) is 0. The van der Waals surface area contributed by atoms with Crippen LogP contribution >= 0.6 is 0 Å². The van der Waals surface area contributed by atoms with E-state index in [1.807, 2.05) is 0 Å². The molecule has 2 aliphatic heterocycles. The molecule has 0 aromatic rings. The van der Waals surface area contributed by atoms with E-state index < -0.39 is 0 Å². The molecule has 2 unspecified atom stereocenters. The molecule has 0 radical (unpaired) electrons. The number of fused-ring (bicyclic) bond motifs is 2. The Morgan fingerprint density at radius 3 is 2.30 bits per heavy atom. The molecule has 4 nitrogen and oxygen atoms in total. The van der Waals surface area contributed by atoms with E-state index in [9.17, 15) is 4.79 Å².